The summed E-state index contributed by atoms with van der Waals surface area (Å²) in [7, 11) is 0. The fourth-order valence-electron chi connectivity index (χ4n) is 2.24. The molecule has 2 aliphatic rings. The van der Waals surface area contributed by atoms with Gasteiger partial charge in [0.15, 0.2) is 5.75 Å². The molecule has 2 aliphatic heterocycles. The Labute approximate surface area is 138 Å². The summed E-state index contributed by atoms with van der Waals surface area (Å²) >= 11 is 3.01. The molecule has 1 aromatic rings. The third kappa shape index (κ3) is 2.94. The van der Waals surface area contributed by atoms with Gasteiger partial charge in [-0.1, -0.05) is 42.6 Å². The van der Waals surface area contributed by atoms with Crippen molar-refractivity contribution in [2.75, 3.05) is 17.2 Å². The fourth-order valence-corrected chi connectivity index (χ4v) is 4.08. The van der Waals surface area contributed by atoms with Crippen molar-refractivity contribution < 1.29 is 9.53 Å². The van der Waals surface area contributed by atoms with E-state index >= 15 is 0 Å². The Morgan fingerprint density at radius 2 is 2.14 bits per heavy atom. The maximum atomic E-state index is 11.9. The molecular formula is C16H16N2O2S2. The largest absolute Gasteiger partial charge is 0.439 e. The van der Waals surface area contributed by atoms with E-state index in [4.69, 9.17) is 4.74 Å². The van der Waals surface area contributed by atoms with Gasteiger partial charge in [-0.25, -0.2) is 0 Å². The van der Waals surface area contributed by atoms with Gasteiger partial charge in [0.25, 0.3) is 5.91 Å². The summed E-state index contributed by atoms with van der Waals surface area (Å²) in [5.74, 6) is 2.32. The zero-order valence-electron chi connectivity index (χ0n) is 12.4. The smallest absolute Gasteiger partial charge is 0.285 e. The minimum atomic E-state index is -0.170. The van der Waals surface area contributed by atoms with Crippen LogP contribution in [0.25, 0.3) is 0 Å². The molecule has 3 rings (SSSR count). The van der Waals surface area contributed by atoms with Crippen LogP contribution in [0.4, 0.5) is 5.69 Å². The molecule has 1 amide bonds. The number of para-hydroxylation sites is 2. The SMILES string of the molecule is CCSC1=NC(=O)/C(=C\C=C2/Oc3ccccc3N2CC)S1. The van der Waals surface area contributed by atoms with Gasteiger partial charge in [0.05, 0.1) is 10.6 Å². The quantitative estimate of drug-likeness (QED) is 0.782. The van der Waals surface area contributed by atoms with Crippen LogP contribution in [0.3, 0.4) is 0 Å². The molecule has 0 aliphatic carbocycles. The number of nitrogens with zero attached hydrogens (tertiary/aromatic N) is 2. The van der Waals surface area contributed by atoms with E-state index in [1.165, 1.54) is 11.8 Å². The normalized spacial score (nSPS) is 20.5. The minimum absolute atomic E-state index is 0.170. The first-order valence-electron chi connectivity index (χ1n) is 7.13. The molecule has 0 radical (unpaired) electrons. The van der Waals surface area contributed by atoms with E-state index in [0.29, 0.717) is 4.91 Å². The van der Waals surface area contributed by atoms with Crippen molar-refractivity contribution in [3.8, 4) is 5.75 Å². The topological polar surface area (TPSA) is 41.9 Å². The van der Waals surface area contributed by atoms with E-state index in [0.717, 1.165) is 34.0 Å². The lowest BCUT2D eigenvalue weighted by atomic mass is 10.3. The highest BCUT2D eigenvalue weighted by molar-refractivity contribution is 8.41. The predicted molar refractivity (Wildman–Crippen MR) is 94.4 cm³/mol. The third-order valence-electron chi connectivity index (χ3n) is 3.20. The van der Waals surface area contributed by atoms with E-state index in [2.05, 4.69) is 16.8 Å². The van der Waals surface area contributed by atoms with Crippen molar-refractivity contribution in [2.24, 2.45) is 4.99 Å². The number of carbonyl (C=O) groups excluding carboxylic acids is 1. The number of aliphatic imine (C=N–C) groups is 1. The minimum Gasteiger partial charge on any atom is -0.439 e. The second kappa shape index (κ2) is 6.62. The second-order valence-electron chi connectivity index (χ2n) is 4.57. The predicted octanol–water partition coefficient (Wildman–Crippen LogP) is 4.01. The lowest BCUT2D eigenvalue weighted by Crippen LogP contribution is -2.19. The molecule has 2 heterocycles. The summed E-state index contributed by atoms with van der Waals surface area (Å²) < 4.78 is 6.68. The Balaban J connectivity index is 1.80. The molecule has 114 valence electrons. The van der Waals surface area contributed by atoms with Gasteiger partial charge in [-0.05, 0) is 30.9 Å². The molecule has 6 heteroatoms. The van der Waals surface area contributed by atoms with Gasteiger partial charge < -0.3 is 9.64 Å². The highest BCUT2D eigenvalue weighted by Crippen LogP contribution is 2.39. The lowest BCUT2D eigenvalue weighted by Gasteiger charge is -2.14. The van der Waals surface area contributed by atoms with Gasteiger partial charge in [-0.15, -0.1) is 0 Å². The first kappa shape index (κ1) is 15.2. The van der Waals surface area contributed by atoms with Crippen molar-refractivity contribution in [2.45, 2.75) is 13.8 Å². The third-order valence-corrected chi connectivity index (χ3v) is 5.23. The number of ether oxygens (including phenoxy) is 1. The van der Waals surface area contributed by atoms with Crippen molar-refractivity contribution in [3.63, 3.8) is 0 Å². The first-order valence-corrected chi connectivity index (χ1v) is 8.93. The molecule has 0 aromatic heterocycles. The molecule has 0 unspecified atom stereocenters. The molecule has 22 heavy (non-hydrogen) atoms. The molecule has 0 spiro atoms. The van der Waals surface area contributed by atoms with E-state index in [1.54, 1.807) is 17.8 Å². The number of hydrogen-bond acceptors (Lipinski definition) is 5. The molecule has 0 N–H and O–H groups in total. The molecule has 0 bridgehead atoms. The van der Waals surface area contributed by atoms with Crippen LogP contribution >= 0.6 is 23.5 Å². The molecule has 0 fully saturated rings. The first-order chi connectivity index (χ1) is 10.7. The molecular weight excluding hydrogens is 316 g/mol. The number of allylic oxidation sites excluding steroid dienone is 2. The van der Waals surface area contributed by atoms with Gasteiger partial charge in [-0.2, -0.15) is 4.99 Å². The zero-order valence-corrected chi connectivity index (χ0v) is 14.0. The second-order valence-corrected chi connectivity index (χ2v) is 7.11. The zero-order chi connectivity index (χ0) is 15.5. The van der Waals surface area contributed by atoms with E-state index in [-0.39, 0.29) is 5.91 Å². The molecule has 0 saturated carbocycles. The monoisotopic (exact) mass is 332 g/mol. The maximum Gasteiger partial charge on any atom is 0.285 e. The summed E-state index contributed by atoms with van der Waals surface area (Å²) in [4.78, 5) is 18.6. The van der Waals surface area contributed by atoms with Gasteiger partial charge >= 0.3 is 0 Å². The summed E-state index contributed by atoms with van der Waals surface area (Å²) in [5.41, 5.74) is 1.05. The van der Waals surface area contributed by atoms with Crippen molar-refractivity contribution in [1.82, 2.24) is 0 Å². The Bertz CT molecular complexity index is 695. The summed E-state index contributed by atoms with van der Waals surface area (Å²) in [6, 6.07) is 7.92. The van der Waals surface area contributed by atoms with Gasteiger partial charge in [-0.3, -0.25) is 4.79 Å². The fraction of sp³-hybridized carbons (Fsp3) is 0.250. The number of hydrogen-bond donors (Lipinski definition) is 0. The lowest BCUT2D eigenvalue weighted by molar-refractivity contribution is -0.113. The van der Waals surface area contributed by atoms with Gasteiger partial charge in [0.1, 0.15) is 4.38 Å². The Morgan fingerprint density at radius 3 is 2.91 bits per heavy atom. The van der Waals surface area contributed by atoms with Crippen LogP contribution in [0.5, 0.6) is 5.75 Å². The van der Waals surface area contributed by atoms with Crippen LogP contribution in [-0.2, 0) is 4.79 Å². The van der Waals surface area contributed by atoms with Crippen LogP contribution in [-0.4, -0.2) is 22.6 Å². The van der Waals surface area contributed by atoms with Crippen LogP contribution in [0, 0.1) is 0 Å². The number of thioether (sulfide) groups is 2. The number of amides is 1. The highest BCUT2D eigenvalue weighted by Gasteiger charge is 2.25. The van der Waals surface area contributed by atoms with Crippen LogP contribution in [0.1, 0.15) is 13.8 Å². The number of anilines is 1. The van der Waals surface area contributed by atoms with Gasteiger partial charge in [0.2, 0.25) is 5.88 Å². The Hall–Kier alpha value is -1.66. The number of benzene rings is 1. The van der Waals surface area contributed by atoms with Crippen molar-refractivity contribution in [3.05, 3.63) is 47.2 Å². The average Bonchev–Trinajstić information content (AvgIpc) is 3.05. The van der Waals surface area contributed by atoms with Crippen molar-refractivity contribution in [1.29, 1.82) is 0 Å². The van der Waals surface area contributed by atoms with E-state index in [1.807, 2.05) is 37.3 Å². The molecule has 4 nitrogen and oxygen atoms in total. The average molecular weight is 332 g/mol. The van der Waals surface area contributed by atoms with Crippen molar-refractivity contribution >= 4 is 39.5 Å². The standard InChI is InChI=1S/C16H16N2O2S2/c1-3-18-11-7-5-6-8-12(11)20-14(18)10-9-13-15(19)17-16(22-13)21-4-2/h5-10H,3-4H2,1-2H3/b13-9+,14-10-. The summed E-state index contributed by atoms with van der Waals surface area (Å²) in [5, 5.41) is 0. The number of carbonyl (C=O) groups is 1. The number of rotatable bonds is 3. The molecule has 1 aromatic carbocycles. The van der Waals surface area contributed by atoms with Crippen LogP contribution < -0.4 is 9.64 Å². The Morgan fingerprint density at radius 1 is 1.32 bits per heavy atom. The van der Waals surface area contributed by atoms with E-state index in [9.17, 15) is 4.79 Å². The van der Waals surface area contributed by atoms with Crippen LogP contribution in [0.15, 0.2) is 52.2 Å². The maximum absolute atomic E-state index is 11.9. The number of fused-ring (bicyclic) bond motifs is 1. The van der Waals surface area contributed by atoms with E-state index < -0.39 is 0 Å². The molecule has 0 atom stereocenters. The molecule has 0 saturated heterocycles. The summed E-state index contributed by atoms with van der Waals surface area (Å²) in [6.07, 6.45) is 3.64. The van der Waals surface area contributed by atoms with Gasteiger partial charge in [0, 0.05) is 12.6 Å². The van der Waals surface area contributed by atoms with Crippen LogP contribution in [0.2, 0.25) is 0 Å². The summed E-state index contributed by atoms with van der Waals surface area (Å²) in [6.45, 7) is 4.92. The Kier molecular flexibility index (Phi) is 4.59. The highest BCUT2D eigenvalue weighted by atomic mass is 32.2.